The van der Waals surface area contributed by atoms with Gasteiger partial charge < -0.3 is 9.47 Å². The Morgan fingerprint density at radius 3 is 1.36 bits per heavy atom. The van der Waals surface area contributed by atoms with Crippen molar-refractivity contribution in [3.8, 4) is 5.75 Å². The Morgan fingerprint density at radius 1 is 0.580 bits per heavy atom. The van der Waals surface area contributed by atoms with Gasteiger partial charge in [0.1, 0.15) is 11.9 Å². The minimum atomic E-state index is -0.732. The lowest BCUT2D eigenvalue weighted by Gasteiger charge is -2.17. The molecule has 50 heavy (non-hydrogen) atoms. The van der Waals surface area contributed by atoms with E-state index in [-0.39, 0.29) is 17.5 Å². The number of non-ortho nitro benzene ring substituents is 1. The van der Waals surface area contributed by atoms with Gasteiger partial charge in [-0.1, -0.05) is 140 Å². The number of allylic oxidation sites excluding steroid dienone is 8. The summed E-state index contributed by atoms with van der Waals surface area (Å²) in [4.78, 5) is 23.0. The smallest absolute Gasteiger partial charge is 0.431 e. The molecule has 0 aliphatic rings. The van der Waals surface area contributed by atoms with E-state index < -0.39 is 11.1 Å². The molecule has 0 N–H and O–H groups in total. The Kier molecular flexibility index (Phi) is 30.8. The quantitative estimate of drug-likeness (QED) is 0.0183. The van der Waals surface area contributed by atoms with Crippen LogP contribution in [0.5, 0.6) is 5.75 Å². The second kappa shape index (κ2) is 34.3. The van der Waals surface area contributed by atoms with Crippen LogP contribution >= 0.6 is 0 Å². The van der Waals surface area contributed by atoms with Crippen molar-refractivity contribution in [1.82, 2.24) is 0 Å². The van der Waals surface area contributed by atoms with Gasteiger partial charge in [0.25, 0.3) is 5.69 Å². The molecular weight excluding hydrogens is 622 g/mol. The van der Waals surface area contributed by atoms with Crippen molar-refractivity contribution in [1.29, 1.82) is 0 Å². The Hall–Kier alpha value is -3.15. The summed E-state index contributed by atoms with van der Waals surface area (Å²) >= 11 is 0. The maximum absolute atomic E-state index is 12.6. The van der Waals surface area contributed by atoms with E-state index >= 15 is 0 Å². The number of nitro benzene ring substituents is 1. The van der Waals surface area contributed by atoms with E-state index in [1.54, 1.807) is 0 Å². The van der Waals surface area contributed by atoms with Gasteiger partial charge in [-0.25, -0.2) is 4.79 Å². The fourth-order valence-corrected chi connectivity index (χ4v) is 5.87. The third kappa shape index (κ3) is 28.7. The molecule has 0 atom stereocenters. The molecule has 1 aromatic carbocycles. The molecule has 6 heteroatoms. The maximum Gasteiger partial charge on any atom is 0.514 e. The predicted octanol–water partition coefficient (Wildman–Crippen LogP) is 14.9. The van der Waals surface area contributed by atoms with E-state index in [1.807, 2.05) is 0 Å². The van der Waals surface area contributed by atoms with Gasteiger partial charge >= 0.3 is 6.16 Å². The first-order chi connectivity index (χ1) is 24.6. The number of benzene rings is 1. The van der Waals surface area contributed by atoms with Crippen LogP contribution in [0.2, 0.25) is 0 Å². The number of ether oxygens (including phenoxy) is 2. The van der Waals surface area contributed by atoms with Gasteiger partial charge in [0.05, 0.1) is 4.92 Å². The standard InChI is InChI=1S/C44H71NO5/c1-3-5-7-9-11-13-15-17-19-21-23-25-27-29-31-33-35-42(49-44(46)50-43-39-37-41(38-40-43)45(47)48)36-34-32-30-28-26-24-22-20-18-16-14-12-10-8-6-4-2/h11-14,17-20,37-40,42H,3-10,15-16,21-36H2,1-2H3. The Balaban J connectivity index is 2.28. The van der Waals surface area contributed by atoms with Crippen molar-refractivity contribution < 1.29 is 19.2 Å². The lowest BCUT2D eigenvalue weighted by molar-refractivity contribution is -0.384. The van der Waals surface area contributed by atoms with E-state index in [0.29, 0.717) is 0 Å². The molecule has 0 aliphatic heterocycles. The van der Waals surface area contributed by atoms with E-state index in [1.165, 1.54) is 127 Å². The highest BCUT2D eigenvalue weighted by atomic mass is 16.7. The number of rotatable bonds is 33. The number of carbonyl (C=O) groups excluding carboxylic acids is 1. The number of carbonyl (C=O) groups is 1. The lowest BCUT2D eigenvalue weighted by atomic mass is 10.0. The largest absolute Gasteiger partial charge is 0.514 e. The van der Waals surface area contributed by atoms with Crippen LogP contribution in [-0.2, 0) is 4.74 Å². The lowest BCUT2D eigenvalue weighted by Crippen LogP contribution is -2.21. The molecule has 0 heterocycles. The average molecular weight is 694 g/mol. The molecule has 6 nitrogen and oxygen atoms in total. The summed E-state index contributed by atoms with van der Waals surface area (Å²) in [6.07, 6.45) is 48.1. The fraction of sp³-hybridized carbons (Fsp3) is 0.659. The zero-order valence-electron chi connectivity index (χ0n) is 31.9. The number of nitrogens with zero attached hydrogens (tertiary/aromatic N) is 1. The molecular formula is C44H71NO5. The van der Waals surface area contributed by atoms with E-state index in [9.17, 15) is 14.9 Å². The van der Waals surface area contributed by atoms with Gasteiger partial charge in [-0.15, -0.1) is 0 Å². The third-order valence-electron chi connectivity index (χ3n) is 8.97. The number of nitro groups is 1. The van der Waals surface area contributed by atoms with Crippen LogP contribution in [-0.4, -0.2) is 17.2 Å². The molecule has 0 radical (unpaired) electrons. The van der Waals surface area contributed by atoms with Crippen LogP contribution in [0.4, 0.5) is 10.5 Å². The second-order valence-electron chi connectivity index (χ2n) is 13.6. The summed E-state index contributed by atoms with van der Waals surface area (Å²) in [5.41, 5.74) is -0.0432. The monoisotopic (exact) mass is 694 g/mol. The molecule has 0 aliphatic carbocycles. The third-order valence-corrected chi connectivity index (χ3v) is 8.97. The summed E-state index contributed by atoms with van der Waals surface area (Å²) in [5, 5.41) is 10.9. The Bertz CT molecular complexity index is 1010. The van der Waals surface area contributed by atoms with Crippen molar-refractivity contribution in [2.75, 3.05) is 0 Å². The second-order valence-corrected chi connectivity index (χ2v) is 13.6. The molecule has 0 aromatic heterocycles. The van der Waals surface area contributed by atoms with Crippen molar-refractivity contribution in [2.45, 2.75) is 187 Å². The highest BCUT2D eigenvalue weighted by Crippen LogP contribution is 2.21. The number of unbranched alkanes of at least 4 members (excludes halogenated alkanes) is 18. The molecule has 0 saturated heterocycles. The molecule has 1 rings (SSSR count). The van der Waals surface area contributed by atoms with Crippen molar-refractivity contribution in [3.63, 3.8) is 0 Å². The summed E-state index contributed by atoms with van der Waals surface area (Å²) in [6.45, 7) is 4.49. The predicted molar refractivity (Wildman–Crippen MR) is 212 cm³/mol. The van der Waals surface area contributed by atoms with Gasteiger partial charge in [0.15, 0.2) is 0 Å². The molecule has 0 saturated carbocycles. The van der Waals surface area contributed by atoms with Crippen LogP contribution < -0.4 is 4.74 Å². The molecule has 0 fully saturated rings. The normalized spacial score (nSPS) is 12.5. The first-order valence-electron chi connectivity index (χ1n) is 20.3. The minimum Gasteiger partial charge on any atom is -0.431 e. The fourth-order valence-electron chi connectivity index (χ4n) is 5.87. The van der Waals surface area contributed by atoms with Crippen molar-refractivity contribution >= 4 is 11.8 Å². The first kappa shape index (κ1) is 44.9. The molecule has 1 aromatic rings. The molecule has 0 amide bonds. The average Bonchev–Trinajstić information content (AvgIpc) is 3.11. The maximum atomic E-state index is 12.6. The number of hydrogen-bond donors (Lipinski definition) is 0. The summed E-state index contributed by atoms with van der Waals surface area (Å²) in [7, 11) is 0. The molecule has 0 spiro atoms. The van der Waals surface area contributed by atoms with Crippen LogP contribution in [0.1, 0.15) is 181 Å². The summed E-state index contributed by atoms with van der Waals surface area (Å²) in [5.74, 6) is 0.252. The van der Waals surface area contributed by atoms with Gasteiger partial charge in [-0.3, -0.25) is 10.1 Å². The van der Waals surface area contributed by atoms with Gasteiger partial charge in [-0.05, 0) is 102 Å². The van der Waals surface area contributed by atoms with E-state index in [2.05, 4.69) is 62.5 Å². The molecule has 0 unspecified atom stereocenters. The molecule has 0 bridgehead atoms. The SMILES string of the molecule is CCCCCC=CCC=CCCCCCCCCC(CCCCCCCCC=CCC=CCCCCC)OC(=O)Oc1ccc([N+](=O)[O-])cc1. The van der Waals surface area contributed by atoms with Crippen LogP contribution in [0.15, 0.2) is 72.9 Å². The molecule has 282 valence electrons. The van der Waals surface area contributed by atoms with Crippen LogP contribution in [0.25, 0.3) is 0 Å². The summed E-state index contributed by atoms with van der Waals surface area (Å²) < 4.78 is 11.1. The van der Waals surface area contributed by atoms with Gasteiger partial charge in [0.2, 0.25) is 0 Å². The Labute approximate surface area is 306 Å². The van der Waals surface area contributed by atoms with Crippen molar-refractivity contribution in [2.24, 2.45) is 0 Å². The highest BCUT2D eigenvalue weighted by molar-refractivity contribution is 5.64. The summed E-state index contributed by atoms with van der Waals surface area (Å²) in [6, 6.07) is 5.52. The number of hydrogen-bond acceptors (Lipinski definition) is 5. The van der Waals surface area contributed by atoms with Crippen molar-refractivity contribution in [3.05, 3.63) is 83.0 Å². The zero-order chi connectivity index (χ0) is 36.2. The van der Waals surface area contributed by atoms with Crippen LogP contribution in [0.3, 0.4) is 0 Å². The Morgan fingerprint density at radius 2 is 0.960 bits per heavy atom. The highest BCUT2D eigenvalue weighted by Gasteiger charge is 2.17. The minimum absolute atomic E-state index is 0.0432. The topological polar surface area (TPSA) is 78.7 Å². The van der Waals surface area contributed by atoms with E-state index in [0.717, 1.165) is 64.2 Å². The van der Waals surface area contributed by atoms with E-state index in [4.69, 9.17) is 9.47 Å². The van der Waals surface area contributed by atoms with Crippen LogP contribution in [0, 0.1) is 10.1 Å². The first-order valence-corrected chi connectivity index (χ1v) is 20.3. The van der Waals surface area contributed by atoms with Gasteiger partial charge in [0, 0.05) is 12.1 Å². The zero-order valence-corrected chi connectivity index (χ0v) is 31.9. The van der Waals surface area contributed by atoms with Gasteiger partial charge in [-0.2, -0.15) is 0 Å².